The summed E-state index contributed by atoms with van der Waals surface area (Å²) in [6.45, 7) is 5.83. The Balaban J connectivity index is 2.02. The lowest BCUT2D eigenvalue weighted by Crippen LogP contribution is -2.06. The predicted octanol–water partition coefficient (Wildman–Crippen LogP) is 4.79. The molecule has 2 aromatic carbocycles. The summed E-state index contributed by atoms with van der Waals surface area (Å²) in [6.07, 6.45) is 2.26. The number of rotatable bonds is 7. The van der Waals surface area contributed by atoms with E-state index in [2.05, 4.69) is 10.2 Å². The summed E-state index contributed by atoms with van der Waals surface area (Å²) in [5.41, 5.74) is 0.779. The van der Waals surface area contributed by atoms with E-state index in [1.807, 2.05) is 57.2 Å². The summed E-state index contributed by atoms with van der Waals surface area (Å²) in [4.78, 5) is 11.8. The average molecular weight is 384 g/mol. The molecule has 6 nitrogen and oxygen atoms in total. The number of nitrogens with zero attached hydrogens (tertiary/aromatic N) is 2. The van der Waals surface area contributed by atoms with Gasteiger partial charge in [0.1, 0.15) is 10.7 Å². The molecule has 0 saturated carbocycles. The lowest BCUT2D eigenvalue weighted by atomic mass is 10.0. The van der Waals surface area contributed by atoms with Crippen molar-refractivity contribution in [2.75, 3.05) is 0 Å². The molecule has 0 aliphatic rings. The van der Waals surface area contributed by atoms with Gasteiger partial charge in [-0.3, -0.25) is 0 Å². The van der Waals surface area contributed by atoms with Gasteiger partial charge in [0.25, 0.3) is 5.22 Å². The van der Waals surface area contributed by atoms with Crippen molar-refractivity contribution in [2.24, 2.45) is 0 Å². The molecule has 0 bridgehead atoms. The molecule has 0 radical (unpaired) electrons. The first-order valence-corrected chi connectivity index (χ1v) is 9.43. The maximum Gasteiger partial charge on any atom is 0.342 e. The van der Waals surface area contributed by atoms with Crippen LogP contribution in [0.5, 0.6) is 5.75 Å². The largest absolute Gasteiger partial charge is 0.490 e. The molecule has 0 saturated heterocycles. The number of hydrogen-bond acceptors (Lipinski definition) is 6. The van der Waals surface area contributed by atoms with Crippen LogP contribution in [0, 0.1) is 0 Å². The van der Waals surface area contributed by atoms with E-state index in [1.165, 1.54) is 0 Å². The molecule has 3 aromatic rings. The van der Waals surface area contributed by atoms with Crippen molar-refractivity contribution in [1.29, 1.82) is 0 Å². The van der Waals surface area contributed by atoms with Crippen LogP contribution in [0.2, 0.25) is 0 Å². The number of aryl methyl sites for hydroxylation is 1. The fourth-order valence-electron chi connectivity index (χ4n) is 2.57. The van der Waals surface area contributed by atoms with E-state index in [4.69, 9.17) is 9.15 Å². The number of carboxylic acids is 1. The maximum atomic E-state index is 11.7. The second kappa shape index (κ2) is 8.26. The number of ether oxygens (including phenoxy) is 1. The molecule has 1 heterocycles. The standard InChI is InChI=1S/C20H20N2O4S/c1-4-18-21-22-20(26-18)27-17(19(23)24)11-13-9-10-16(25-12(2)3)15-8-6-5-7-14(13)15/h5-12H,4H2,1-3H3,(H,23,24)/b17-11+. The number of aromatic nitrogens is 2. The van der Waals surface area contributed by atoms with Crippen LogP contribution in [0.25, 0.3) is 16.8 Å². The Morgan fingerprint density at radius 3 is 2.59 bits per heavy atom. The minimum atomic E-state index is -1.05. The van der Waals surface area contributed by atoms with Crippen LogP contribution in [-0.4, -0.2) is 27.4 Å². The van der Waals surface area contributed by atoms with E-state index in [0.717, 1.165) is 33.8 Å². The molecule has 0 spiro atoms. The first-order chi connectivity index (χ1) is 13.0. The summed E-state index contributed by atoms with van der Waals surface area (Å²) in [7, 11) is 0. The van der Waals surface area contributed by atoms with Gasteiger partial charge < -0.3 is 14.3 Å². The molecule has 0 unspecified atom stereocenters. The highest BCUT2D eigenvalue weighted by atomic mass is 32.2. The van der Waals surface area contributed by atoms with Gasteiger partial charge in [-0.25, -0.2) is 4.79 Å². The Morgan fingerprint density at radius 1 is 1.22 bits per heavy atom. The third kappa shape index (κ3) is 4.49. The fourth-order valence-corrected chi connectivity index (χ4v) is 3.25. The smallest absolute Gasteiger partial charge is 0.342 e. The van der Waals surface area contributed by atoms with Crippen LogP contribution in [0.4, 0.5) is 0 Å². The molecule has 0 atom stereocenters. The van der Waals surface area contributed by atoms with Gasteiger partial charge in [-0.05, 0) is 48.7 Å². The quantitative estimate of drug-likeness (QED) is 0.463. The second-order valence-electron chi connectivity index (χ2n) is 6.10. The topological polar surface area (TPSA) is 85.5 Å². The summed E-state index contributed by atoms with van der Waals surface area (Å²) in [5.74, 6) is 0.192. The monoisotopic (exact) mass is 384 g/mol. The fraction of sp³-hybridized carbons (Fsp3) is 0.250. The van der Waals surface area contributed by atoms with Crippen molar-refractivity contribution >= 4 is 34.6 Å². The zero-order valence-electron chi connectivity index (χ0n) is 15.3. The van der Waals surface area contributed by atoms with Gasteiger partial charge in [0.05, 0.1) is 6.10 Å². The summed E-state index contributed by atoms with van der Waals surface area (Å²) in [5, 5.41) is 19.4. The lowest BCUT2D eigenvalue weighted by Gasteiger charge is -2.14. The van der Waals surface area contributed by atoms with Gasteiger partial charge >= 0.3 is 5.97 Å². The molecule has 27 heavy (non-hydrogen) atoms. The van der Waals surface area contributed by atoms with Gasteiger partial charge in [0, 0.05) is 11.8 Å². The Hall–Kier alpha value is -2.80. The van der Waals surface area contributed by atoms with Crippen LogP contribution in [0.1, 0.15) is 32.2 Å². The van der Waals surface area contributed by atoms with Gasteiger partial charge in [-0.1, -0.05) is 37.3 Å². The number of carbonyl (C=O) groups is 1. The van der Waals surface area contributed by atoms with Crippen molar-refractivity contribution in [3.05, 3.63) is 52.8 Å². The SMILES string of the molecule is CCc1nnc(S/C(=C/c2ccc(OC(C)C)c3ccccc23)C(=O)O)o1. The molecule has 0 amide bonds. The number of carboxylic acid groups (broad SMARTS) is 1. The highest BCUT2D eigenvalue weighted by Crippen LogP contribution is 2.33. The molecular formula is C20H20N2O4S. The van der Waals surface area contributed by atoms with Crippen molar-refractivity contribution in [2.45, 2.75) is 38.5 Å². The van der Waals surface area contributed by atoms with Crippen LogP contribution in [0.3, 0.4) is 0 Å². The van der Waals surface area contributed by atoms with Crippen molar-refractivity contribution in [1.82, 2.24) is 10.2 Å². The predicted molar refractivity (Wildman–Crippen MR) is 105 cm³/mol. The van der Waals surface area contributed by atoms with Crippen molar-refractivity contribution < 1.29 is 19.1 Å². The zero-order valence-corrected chi connectivity index (χ0v) is 16.1. The Bertz CT molecular complexity index is 995. The van der Waals surface area contributed by atoms with Crippen LogP contribution in [0.15, 0.2) is 50.9 Å². The zero-order chi connectivity index (χ0) is 19.4. The lowest BCUT2D eigenvalue weighted by molar-refractivity contribution is -0.131. The molecule has 3 rings (SSSR count). The summed E-state index contributed by atoms with van der Waals surface area (Å²) in [6, 6.07) is 11.5. The van der Waals surface area contributed by atoms with E-state index in [9.17, 15) is 9.90 Å². The van der Waals surface area contributed by atoms with Gasteiger partial charge in [-0.15, -0.1) is 10.2 Å². The highest BCUT2D eigenvalue weighted by Gasteiger charge is 2.16. The van der Waals surface area contributed by atoms with Crippen molar-refractivity contribution in [3.63, 3.8) is 0 Å². The second-order valence-corrected chi connectivity index (χ2v) is 7.09. The average Bonchev–Trinajstić information content (AvgIpc) is 3.10. The Labute approximate surface area is 161 Å². The molecular weight excluding hydrogens is 364 g/mol. The normalized spacial score (nSPS) is 11.9. The number of fused-ring (bicyclic) bond motifs is 1. The number of thioether (sulfide) groups is 1. The van der Waals surface area contributed by atoms with Gasteiger partial charge in [-0.2, -0.15) is 0 Å². The minimum Gasteiger partial charge on any atom is -0.490 e. The first kappa shape index (κ1) is 19.0. The summed E-state index contributed by atoms with van der Waals surface area (Å²) >= 11 is 0.941. The molecule has 1 aromatic heterocycles. The van der Waals surface area contributed by atoms with E-state index in [1.54, 1.807) is 6.08 Å². The van der Waals surface area contributed by atoms with Crippen molar-refractivity contribution in [3.8, 4) is 5.75 Å². The number of aliphatic carboxylic acids is 1. The van der Waals surface area contributed by atoms with E-state index in [0.29, 0.717) is 12.3 Å². The first-order valence-electron chi connectivity index (χ1n) is 8.61. The number of hydrogen-bond donors (Lipinski definition) is 1. The molecule has 7 heteroatoms. The van der Waals surface area contributed by atoms with E-state index >= 15 is 0 Å². The maximum absolute atomic E-state index is 11.7. The molecule has 0 aliphatic heterocycles. The molecule has 0 aliphatic carbocycles. The van der Waals surface area contributed by atoms with Gasteiger partial charge in [0.15, 0.2) is 0 Å². The van der Waals surface area contributed by atoms with Crippen LogP contribution < -0.4 is 4.74 Å². The molecule has 1 N–H and O–H groups in total. The molecule has 0 fully saturated rings. The van der Waals surface area contributed by atoms with E-state index in [-0.39, 0.29) is 16.2 Å². The third-order valence-electron chi connectivity index (χ3n) is 3.73. The van der Waals surface area contributed by atoms with Crippen LogP contribution in [-0.2, 0) is 11.2 Å². The Morgan fingerprint density at radius 2 is 1.96 bits per heavy atom. The Kier molecular flexibility index (Phi) is 5.81. The van der Waals surface area contributed by atoms with E-state index < -0.39 is 5.97 Å². The van der Waals surface area contributed by atoms with Gasteiger partial charge in [0.2, 0.25) is 5.89 Å². The van der Waals surface area contributed by atoms with Crippen LogP contribution >= 0.6 is 11.8 Å². The minimum absolute atomic E-state index is 0.0465. The summed E-state index contributed by atoms with van der Waals surface area (Å²) < 4.78 is 11.3. The molecule has 140 valence electrons. The number of benzene rings is 2. The highest BCUT2D eigenvalue weighted by molar-refractivity contribution is 8.03. The third-order valence-corrected chi connectivity index (χ3v) is 4.58.